The quantitative estimate of drug-likeness (QED) is 0.551. The SMILES string of the molecule is COC(C)(OC)C1CCC2=C1C(C)(C)CCC2(C)C. The molecule has 2 rings (SSSR count). The van der Waals surface area contributed by atoms with Gasteiger partial charge in [-0.05, 0) is 43.4 Å². The van der Waals surface area contributed by atoms with E-state index >= 15 is 0 Å². The Morgan fingerprint density at radius 1 is 1.00 bits per heavy atom. The Labute approximate surface area is 118 Å². The second-order valence-electron chi connectivity index (χ2n) is 7.68. The van der Waals surface area contributed by atoms with Crippen LogP contribution in [0.15, 0.2) is 11.1 Å². The van der Waals surface area contributed by atoms with E-state index in [-0.39, 0.29) is 5.41 Å². The van der Waals surface area contributed by atoms with Crippen LogP contribution < -0.4 is 0 Å². The van der Waals surface area contributed by atoms with Gasteiger partial charge in [0.05, 0.1) is 0 Å². The Morgan fingerprint density at radius 3 is 2.05 bits per heavy atom. The lowest BCUT2D eigenvalue weighted by Gasteiger charge is -2.46. The van der Waals surface area contributed by atoms with E-state index < -0.39 is 5.79 Å². The first kappa shape index (κ1) is 15.1. The lowest BCUT2D eigenvalue weighted by atomic mass is 9.62. The van der Waals surface area contributed by atoms with Crippen molar-refractivity contribution in [3.63, 3.8) is 0 Å². The Morgan fingerprint density at radius 2 is 1.53 bits per heavy atom. The molecule has 110 valence electrons. The summed E-state index contributed by atoms with van der Waals surface area (Å²) in [5.74, 6) is -0.0889. The lowest BCUT2D eigenvalue weighted by Crippen LogP contribution is -2.42. The molecule has 0 aliphatic heterocycles. The van der Waals surface area contributed by atoms with Crippen LogP contribution in [0.1, 0.15) is 60.3 Å². The molecule has 2 aliphatic carbocycles. The van der Waals surface area contributed by atoms with Gasteiger partial charge >= 0.3 is 0 Å². The van der Waals surface area contributed by atoms with Crippen LogP contribution in [0.2, 0.25) is 0 Å². The number of ether oxygens (including phenoxy) is 2. The van der Waals surface area contributed by atoms with Crippen LogP contribution in [0, 0.1) is 16.7 Å². The summed E-state index contributed by atoms with van der Waals surface area (Å²) in [6.07, 6.45) is 4.93. The normalized spacial score (nSPS) is 29.5. The molecule has 2 heteroatoms. The Bertz CT molecular complexity index is 386. The molecule has 19 heavy (non-hydrogen) atoms. The maximum Gasteiger partial charge on any atom is 0.171 e. The van der Waals surface area contributed by atoms with Crippen LogP contribution in [0.25, 0.3) is 0 Å². The fraction of sp³-hybridized carbons (Fsp3) is 0.882. The van der Waals surface area contributed by atoms with Crippen LogP contribution in [0.5, 0.6) is 0 Å². The fourth-order valence-corrected chi connectivity index (χ4v) is 4.16. The van der Waals surface area contributed by atoms with Gasteiger partial charge in [-0.15, -0.1) is 0 Å². The minimum Gasteiger partial charge on any atom is -0.353 e. The number of rotatable bonds is 3. The molecule has 2 aliphatic rings. The molecule has 1 atom stereocenters. The first-order valence-electron chi connectivity index (χ1n) is 7.52. The Hall–Kier alpha value is -0.340. The predicted octanol–water partition coefficient (Wildman–Crippen LogP) is 4.55. The molecule has 2 nitrogen and oxygen atoms in total. The summed E-state index contributed by atoms with van der Waals surface area (Å²) in [5, 5.41) is 0. The molecule has 1 unspecified atom stereocenters. The molecular formula is C17H30O2. The summed E-state index contributed by atoms with van der Waals surface area (Å²) < 4.78 is 11.5. The molecule has 0 N–H and O–H groups in total. The monoisotopic (exact) mass is 266 g/mol. The topological polar surface area (TPSA) is 18.5 Å². The third-order valence-corrected chi connectivity index (χ3v) is 5.72. The second-order valence-corrected chi connectivity index (χ2v) is 7.68. The van der Waals surface area contributed by atoms with Gasteiger partial charge in [0.25, 0.3) is 0 Å². The Kier molecular flexibility index (Phi) is 3.64. The smallest absolute Gasteiger partial charge is 0.171 e. The van der Waals surface area contributed by atoms with Crippen molar-refractivity contribution < 1.29 is 9.47 Å². The maximum atomic E-state index is 5.73. The van der Waals surface area contributed by atoms with Gasteiger partial charge < -0.3 is 9.47 Å². The maximum absolute atomic E-state index is 5.73. The fourth-order valence-electron chi connectivity index (χ4n) is 4.16. The first-order chi connectivity index (χ1) is 8.68. The molecule has 0 fully saturated rings. The summed E-state index contributed by atoms with van der Waals surface area (Å²) in [7, 11) is 3.53. The summed E-state index contributed by atoms with van der Waals surface area (Å²) >= 11 is 0. The average Bonchev–Trinajstić information content (AvgIpc) is 2.82. The minimum absolute atomic E-state index is 0.282. The highest BCUT2D eigenvalue weighted by Crippen LogP contribution is 2.59. The third kappa shape index (κ3) is 2.27. The van der Waals surface area contributed by atoms with E-state index in [0.717, 1.165) is 6.42 Å². The van der Waals surface area contributed by atoms with Crippen molar-refractivity contribution in [3.8, 4) is 0 Å². The molecule has 0 amide bonds. The third-order valence-electron chi connectivity index (χ3n) is 5.72. The van der Waals surface area contributed by atoms with Gasteiger partial charge in [-0.25, -0.2) is 0 Å². The van der Waals surface area contributed by atoms with Gasteiger partial charge in [0.2, 0.25) is 0 Å². The van der Waals surface area contributed by atoms with Crippen molar-refractivity contribution in [2.75, 3.05) is 14.2 Å². The molecule has 0 heterocycles. The molecule has 0 radical (unpaired) electrons. The van der Waals surface area contributed by atoms with Gasteiger partial charge in [-0.1, -0.05) is 38.8 Å². The largest absolute Gasteiger partial charge is 0.353 e. The van der Waals surface area contributed by atoms with Gasteiger partial charge in [-0.3, -0.25) is 0 Å². The number of allylic oxidation sites excluding steroid dienone is 1. The zero-order chi connectivity index (χ0) is 14.5. The molecule has 0 aromatic carbocycles. The van der Waals surface area contributed by atoms with E-state index in [9.17, 15) is 0 Å². The molecular weight excluding hydrogens is 236 g/mol. The number of hydrogen-bond acceptors (Lipinski definition) is 2. The highest BCUT2D eigenvalue weighted by atomic mass is 16.7. The zero-order valence-corrected chi connectivity index (χ0v) is 13.7. The van der Waals surface area contributed by atoms with Crippen LogP contribution in [-0.2, 0) is 9.47 Å². The van der Waals surface area contributed by atoms with Crippen molar-refractivity contribution in [3.05, 3.63) is 11.1 Å². The Balaban J connectivity index is 2.49. The van der Waals surface area contributed by atoms with Crippen LogP contribution in [0.4, 0.5) is 0 Å². The van der Waals surface area contributed by atoms with Gasteiger partial charge in [0.1, 0.15) is 0 Å². The van der Waals surface area contributed by atoms with Gasteiger partial charge in [-0.2, -0.15) is 0 Å². The minimum atomic E-state index is -0.484. The molecule has 0 bridgehead atoms. The van der Waals surface area contributed by atoms with E-state index in [1.54, 1.807) is 25.4 Å². The van der Waals surface area contributed by atoms with E-state index in [1.807, 2.05) is 0 Å². The van der Waals surface area contributed by atoms with E-state index in [4.69, 9.17) is 9.47 Å². The summed E-state index contributed by atoms with van der Waals surface area (Å²) in [6, 6.07) is 0. The van der Waals surface area contributed by atoms with E-state index in [1.165, 1.54) is 19.3 Å². The van der Waals surface area contributed by atoms with Crippen LogP contribution >= 0.6 is 0 Å². The standard InChI is InChI=1S/C17H30O2/c1-15(2)10-11-16(3,4)14-12(15)8-9-13(14)17(5,18-6)19-7/h13H,8-11H2,1-7H3. The van der Waals surface area contributed by atoms with Crippen molar-refractivity contribution >= 4 is 0 Å². The summed E-state index contributed by atoms with van der Waals surface area (Å²) in [6.45, 7) is 11.7. The van der Waals surface area contributed by atoms with Gasteiger partial charge in [0, 0.05) is 20.1 Å². The average molecular weight is 266 g/mol. The van der Waals surface area contributed by atoms with Crippen LogP contribution in [0.3, 0.4) is 0 Å². The van der Waals surface area contributed by atoms with E-state index in [2.05, 4.69) is 34.6 Å². The van der Waals surface area contributed by atoms with E-state index in [0.29, 0.717) is 11.3 Å². The highest BCUT2D eigenvalue weighted by molar-refractivity contribution is 5.36. The molecule has 0 spiro atoms. The lowest BCUT2D eigenvalue weighted by molar-refractivity contribution is -0.221. The van der Waals surface area contributed by atoms with Crippen molar-refractivity contribution in [1.82, 2.24) is 0 Å². The van der Waals surface area contributed by atoms with Crippen molar-refractivity contribution in [1.29, 1.82) is 0 Å². The van der Waals surface area contributed by atoms with Gasteiger partial charge in [0.15, 0.2) is 5.79 Å². The molecule has 0 saturated carbocycles. The highest BCUT2D eigenvalue weighted by Gasteiger charge is 2.50. The summed E-state index contributed by atoms with van der Waals surface area (Å²) in [5.41, 5.74) is 3.93. The molecule has 0 aromatic heterocycles. The summed E-state index contributed by atoms with van der Waals surface area (Å²) in [4.78, 5) is 0. The zero-order valence-electron chi connectivity index (χ0n) is 13.7. The van der Waals surface area contributed by atoms with Crippen molar-refractivity contribution in [2.45, 2.75) is 66.1 Å². The second kappa shape index (κ2) is 4.60. The van der Waals surface area contributed by atoms with Crippen LogP contribution in [-0.4, -0.2) is 20.0 Å². The number of hydrogen-bond donors (Lipinski definition) is 0. The van der Waals surface area contributed by atoms with Crippen molar-refractivity contribution in [2.24, 2.45) is 16.7 Å². The first-order valence-corrected chi connectivity index (χ1v) is 7.52. The molecule has 0 aromatic rings. The molecule has 0 saturated heterocycles. The number of methoxy groups -OCH3 is 2. The predicted molar refractivity (Wildman–Crippen MR) is 79.0 cm³/mol.